The average molecular weight is 465 g/mol. The van der Waals surface area contributed by atoms with Crippen LogP contribution in [-0.4, -0.2) is 0 Å². The first-order valence-corrected chi connectivity index (χ1v) is 12.8. The first-order chi connectivity index (χ1) is 17.4. The molecule has 0 N–H and O–H groups in total. The molecule has 7 aromatic rings. The Balaban J connectivity index is 1.55. The van der Waals surface area contributed by atoms with Crippen LogP contribution in [0.4, 0.5) is 0 Å². The second-order valence-corrected chi connectivity index (χ2v) is 10.7. The first kappa shape index (κ1) is 17.2. The lowest BCUT2D eigenvalue weighted by Gasteiger charge is -2.25. The molecule has 1 atom stereocenters. The number of ether oxygens (including phenoxy) is 1. The van der Waals surface area contributed by atoms with Crippen LogP contribution in [0, 0.1) is 0 Å². The van der Waals surface area contributed by atoms with E-state index in [0.29, 0.717) is 0 Å². The largest absolute Gasteiger partial charge is 0.456 e. The predicted molar refractivity (Wildman–Crippen MR) is 138 cm³/mol. The van der Waals surface area contributed by atoms with E-state index >= 15 is 0 Å². The van der Waals surface area contributed by atoms with Crippen molar-refractivity contribution in [1.29, 1.82) is 0 Å². The molecule has 10 rings (SSSR count). The molecular formula is C31H16N2OS+2. The Bertz CT molecular complexity index is 2160. The van der Waals surface area contributed by atoms with Gasteiger partial charge in [-0.1, -0.05) is 6.07 Å². The van der Waals surface area contributed by atoms with Gasteiger partial charge >= 0.3 is 5.66 Å². The molecule has 0 bridgehead atoms. The summed E-state index contributed by atoms with van der Waals surface area (Å²) in [6.07, 6.45) is 4.50. The molecule has 3 aliphatic heterocycles. The zero-order valence-electron chi connectivity index (χ0n) is 18.4. The van der Waals surface area contributed by atoms with Crippen LogP contribution in [0.3, 0.4) is 0 Å². The number of fused-ring (bicyclic) bond motifs is 6. The molecule has 4 heteroatoms. The highest BCUT2D eigenvalue weighted by Crippen LogP contribution is 2.57. The fraction of sp³-hybridized carbons (Fsp3) is 0.0323. The van der Waals surface area contributed by atoms with E-state index in [1.807, 2.05) is 11.3 Å². The summed E-state index contributed by atoms with van der Waals surface area (Å²) >= 11 is 1.81. The van der Waals surface area contributed by atoms with Crippen LogP contribution in [0.5, 0.6) is 11.5 Å². The third-order valence-corrected chi connectivity index (χ3v) is 9.23. The van der Waals surface area contributed by atoms with Crippen molar-refractivity contribution in [3.05, 3.63) is 108 Å². The topological polar surface area (TPSA) is 17.0 Å². The Labute approximate surface area is 203 Å². The van der Waals surface area contributed by atoms with E-state index < -0.39 is 5.66 Å². The summed E-state index contributed by atoms with van der Waals surface area (Å²) in [5.74, 6) is 1.90. The van der Waals surface area contributed by atoms with Gasteiger partial charge < -0.3 is 4.74 Å². The molecule has 0 radical (unpaired) electrons. The molecule has 0 amide bonds. The minimum atomic E-state index is -0.494. The Morgan fingerprint density at radius 3 is 2.60 bits per heavy atom. The minimum Gasteiger partial charge on any atom is -0.456 e. The van der Waals surface area contributed by atoms with E-state index in [2.05, 4.69) is 106 Å². The van der Waals surface area contributed by atoms with Crippen LogP contribution in [0.2, 0.25) is 0 Å². The van der Waals surface area contributed by atoms with E-state index in [9.17, 15) is 0 Å². The fourth-order valence-corrected chi connectivity index (χ4v) is 7.98. The van der Waals surface area contributed by atoms with Crippen LogP contribution < -0.4 is 13.9 Å². The number of nitrogens with zero attached hydrogens (tertiary/aromatic N) is 2. The van der Waals surface area contributed by atoms with Crippen molar-refractivity contribution in [2.24, 2.45) is 0 Å². The van der Waals surface area contributed by atoms with E-state index in [1.54, 1.807) is 0 Å². The number of rotatable bonds is 0. The molecule has 0 saturated heterocycles. The van der Waals surface area contributed by atoms with Gasteiger partial charge in [-0.15, -0.1) is 20.5 Å². The smallest absolute Gasteiger partial charge is 0.425 e. The zero-order valence-corrected chi connectivity index (χ0v) is 19.3. The molecule has 0 aliphatic carbocycles. The van der Waals surface area contributed by atoms with Crippen molar-refractivity contribution in [2.75, 3.05) is 0 Å². The molecule has 0 saturated carbocycles. The van der Waals surface area contributed by atoms with Crippen LogP contribution in [0.1, 0.15) is 11.1 Å². The molecule has 3 aromatic heterocycles. The van der Waals surface area contributed by atoms with E-state index in [4.69, 9.17) is 4.74 Å². The van der Waals surface area contributed by atoms with Crippen molar-refractivity contribution in [2.45, 2.75) is 5.66 Å². The molecule has 4 aromatic carbocycles. The Morgan fingerprint density at radius 1 is 0.686 bits per heavy atom. The average Bonchev–Trinajstić information content (AvgIpc) is 3.58. The van der Waals surface area contributed by atoms with Crippen molar-refractivity contribution in [3.8, 4) is 22.8 Å². The van der Waals surface area contributed by atoms with Gasteiger partial charge in [-0.25, -0.2) is 0 Å². The molecule has 6 heterocycles. The Kier molecular flexibility index (Phi) is 2.63. The second kappa shape index (κ2) is 5.35. The van der Waals surface area contributed by atoms with Crippen LogP contribution >= 0.6 is 11.3 Å². The van der Waals surface area contributed by atoms with Gasteiger partial charge in [0, 0.05) is 22.9 Å². The molecule has 3 nitrogen and oxygen atoms in total. The monoisotopic (exact) mass is 464 g/mol. The summed E-state index contributed by atoms with van der Waals surface area (Å²) in [7, 11) is 0. The highest BCUT2D eigenvalue weighted by Gasteiger charge is 2.70. The first-order valence-electron chi connectivity index (χ1n) is 11.9. The fourth-order valence-electron chi connectivity index (χ4n) is 7.17. The lowest BCUT2D eigenvalue weighted by Crippen LogP contribution is -2.71. The van der Waals surface area contributed by atoms with Gasteiger partial charge in [-0.3, -0.25) is 0 Å². The van der Waals surface area contributed by atoms with Gasteiger partial charge in [0.15, 0.2) is 23.5 Å². The molecular weight excluding hydrogens is 448 g/mol. The maximum absolute atomic E-state index is 6.66. The van der Waals surface area contributed by atoms with Gasteiger partial charge in [0.1, 0.15) is 11.5 Å². The third kappa shape index (κ3) is 1.65. The van der Waals surface area contributed by atoms with Gasteiger partial charge in [-0.2, -0.15) is 0 Å². The maximum atomic E-state index is 6.66. The molecule has 1 unspecified atom stereocenters. The van der Waals surface area contributed by atoms with Gasteiger partial charge in [0.05, 0.1) is 16.3 Å². The normalized spacial score (nSPS) is 18.1. The third-order valence-electron chi connectivity index (χ3n) is 8.35. The lowest BCUT2D eigenvalue weighted by atomic mass is 9.85. The molecule has 1 spiro atoms. The van der Waals surface area contributed by atoms with E-state index in [-0.39, 0.29) is 0 Å². The number of benzene rings is 4. The molecule has 0 fully saturated rings. The highest BCUT2D eigenvalue weighted by molar-refractivity contribution is 7.17. The van der Waals surface area contributed by atoms with Gasteiger partial charge in [0.25, 0.3) is 0 Å². The summed E-state index contributed by atoms with van der Waals surface area (Å²) < 4.78 is 13.0. The van der Waals surface area contributed by atoms with Crippen molar-refractivity contribution in [1.82, 2.24) is 0 Å². The molecule has 160 valence electrons. The number of pyridine rings is 2. The number of aromatic nitrogens is 2. The van der Waals surface area contributed by atoms with Crippen LogP contribution in [0.25, 0.3) is 53.8 Å². The quantitative estimate of drug-likeness (QED) is 0.182. The SMILES string of the molecule is c1cc2c3c(c1)-c1cccc[n+]1C31c3c(ccc4c5cc6sccc6cc5c5ccc[n+]1c5c34)O2. The number of hydrogen-bond acceptors (Lipinski definition) is 2. The predicted octanol–water partition coefficient (Wildman–Crippen LogP) is 6.63. The standard InChI is InChI=1S/C31H16N2OS/c1-2-12-32-23(7-1)20-5-3-8-24-28(20)31(32)29-25(34-24)10-9-18-22-16-26-17(11-14-35-26)15-21(22)19-6-4-13-33(31)30(19)27(18)29/h1-16H/q+2. The summed E-state index contributed by atoms with van der Waals surface area (Å²) in [5.41, 5.74) is 5.76. The molecule has 35 heavy (non-hydrogen) atoms. The van der Waals surface area contributed by atoms with E-state index in [1.165, 1.54) is 64.9 Å². The molecule has 3 aliphatic rings. The zero-order chi connectivity index (χ0) is 22.5. The Hall–Kier alpha value is -4.28. The second-order valence-electron chi connectivity index (χ2n) is 9.77. The van der Waals surface area contributed by atoms with Crippen molar-refractivity contribution < 1.29 is 13.9 Å². The van der Waals surface area contributed by atoms with Crippen LogP contribution in [0.15, 0.2) is 96.6 Å². The summed E-state index contributed by atoms with van der Waals surface area (Å²) in [6.45, 7) is 0. The highest BCUT2D eigenvalue weighted by atomic mass is 32.1. The van der Waals surface area contributed by atoms with Gasteiger partial charge in [-0.05, 0) is 81.5 Å². The summed E-state index contributed by atoms with van der Waals surface area (Å²) in [5, 5.41) is 10.0. The lowest BCUT2D eigenvalue weighted by molar-refractivity contribution is -0.950. The number of hydrogen-bond donors (Lipinski definition) is 0. The van der Waals surface area contributed by atoms with E-state index in [0.717, 1.165) is 11.5 Å². The summed E-state index contributed by atoms with van der Waals surface area (Å²) in [4.78, 5) is 0. The van der Waals surface area contributed by atoms with Crippen LogP contribution in [-0.2, 0) is 5.66 Å². The van der Waals surface area contributed by atoms with Gasteiger partial charge in [0.2, 0.25) is 11.2 Å². The number of thiophene rings is 1. The van der Waals surface area contributed by atoms with Crippen molar-refractivity contribution >= 4 is 53.9 Å². The Morgan fingerprint density at radius 2 is 1.60 bits per heavy atom. The summed E-state index contributed by atoms with van der Waals surface area (Å²) in [6, 6.07) is 28.9. The minimum absolute atomic E-state index is 0.494. The van der Waals surface area contributed by atoms with Crippen molar-refractivity contribution in [3.63, 3.8) is 0 Å². The maximum Gasteiger partial charge on any atom is 0.425 e.